The first-order valence-electron chi connectivity index (χ1n) is 9.11. The molecule has 5 nitrogen and oxygen atoms in total. The largest absolute Gasteiger partial charge is 0.369 e. The van der Waals surface area contributed by atoms with Crippen molar-refractivity contribution < 1.29 is 4.79 Å². The van der Waals surface area contributed by atoms with Crippen molar-refractivity contribution in [3.63, 3.8) is 0 Å². The maximum absolute atomic E-state index is 12.4. The molecule has 0 atom stereocenters. The number of para-hydroxylation sites is 1. The Bertz CT molecular complexity index is 873. The van der Waals surface area contributed by atoms with E-state index < -0.39 is 0 Å². The molecule has 0 bridgehead atoms. The molecule has 0 spiro atoms. The zero-order valence-corrected chi connectivity index (χ0v) is 15.9. The number of nitrogens with one attached hydrogen (secondary N) is 1. The summed E-state index contributed by atoms with van der Waals surface area (Å²) < 4.78 is 0. The van der Waals surface area contributed by atoms with Crippen LogP contribution >= 0.6 is 11.3 Å². The topological polar surface area (TPSA) is 48.5 Å². The molecule has 1 saturated heterocycles. The number of piperazine rings is 1. The number of thiazole rings is 1. The summed E-state index contributed by atoms with van der Waals surface area (Å²) in [6, 6.07) is 20.4. The molecular formula is C21H22N4OS. The van der Waals surface area contributed by atoms with Gasteiger partial charge in [-0.3, -0.25) is 9.69 Å². The van der Waals surface area contributed by atoms with Crippen molar-refractivity contribution in [2.24, 2.45) is 0 Å². The van der Waals surface area contributed by atoms with Crippen molar-refractivity contribution in [2.75, 3.05) is 42.9 Å². The Kier molecular flexibility index (Phi) is 5.46. The fraction of sp³-hybridized carbons (Fsp3) is 0.238. The number of carbonyl (C=O) groups is 1. The van der Waals surface area contributed by atoms with Gasteiger partial charge in [-0.1, -0.05) is 48.5 Å². The van der Waals surface area contributed by atoms with Gasteiger partial charge >= 0.3 is 0 Å². The van der Waals surface area contributed by atoms with Crippen molar-refractivity contribution in [3.05, 3.63) is 66.0 Å². The molecule has 2 heterocycles. The van der Waals surface area contributed by atoms with Gasteiger partial charge in [0.1, 0.15) is 0 Å². The lowest BCUT2D eigenvalue weighted by atomic mass is 10.2. The van der Waals surface area contributed by atoms with Crippen molar-refractivity contribution in [3.8, 4) is 11.3 Å². The first kappa shape index (κ1) is 17.7. The first-order valence-corrected chi connectivity index (χ1v) is 9.99. The average Bonchev–Trinajstić information content (AvgIpc) is 3.18. The SMILES string of the molecule is O=C(CN1CCN(c2ccccc2)CC1)Nc1nc(-c2ccccc2)cs1. The van der Waals surface area contributed by atoms with Crippen LogP contribution in [0.3, 0.4) is 0 Å². The first-order chi connectivity index (χ1) is 13.3. The van der Waals surface area contributed by atoms with Gasteiger partial charge in [-0.05, 0) is 12.1 Å². The maximum Gasteiger partial charge on any atom is 0.240 e. The van der Waals surface area contributed by atoms with Gasteiger partial charge in [0.2, 0.25) is 5.91 Å². The molecule has 1 amide bonds. The van der Waals surface area contributed by atoms with Gasteiger partial charge in [0.25, 0.3) is 0 Å². The fourth-order valence-corrected chi connectivity index (χ4v) is 3.97. The molecule has 1 aliphatic rings. The zero-order chi connectivity index (χ0) is 18.5. The van der Waals surface area contributed by atoms with Crippen molar-refractivity contribution in [1.82, 2.24) is 9.88 Å². The van der Waals surface area contributed by atoms with E-state index >= 15 is 0 Å². The molecule has 0 radical (unpaired) electrons. The summed E-state index contributed by atoms with van der Waals surface area (Å²) in [6.45, 7) is 4.05. The van der Waals surface area contributed by atoms with E-state index in [1.807, 2.05) is 41.8 Å². The summed E-state index contributed by atoms with van der Waals surface area (Å²) in [5.74, 6) is -0.00266. The van der Waals surface area contributed by atoms with E-state index in [2.05, 4.69) is 44.4 Å². The van der Waals surface area contributed by atoms with Crippen LogP contribution in [0, 0.1) is 0 Å². The van der Waals surface area contributed by atoms with E-state index in [-0.39, 0.29) is 5.91 Å². The Morgan fingerprint density at radius 1 is 0.963 bits per heavy atom. The van der Waals surface area contributed by atoms with Crippen LogP contribution in [-0.2, 0) is 4.79 Å². The molecule has 1 aromatic heterocycles. The van der Waals surface area contributed by atoms with E-state index in [0.717, 1.165) is 37.4 Å². The highest BCUT2D eigenvalue weighted by Crippen LogP contribution is 2.24. The lowest BCUT2D eigenvalue weighted by Crippen LogP contribution is -2.48. The second kappa shape index (κ2) is 8.33. The number of anilines is 2. The molecule has 1 aliphatic heterocycles. The van der Waals surface area contributed by atoms with Crippen LogP contribution in [0.4, 0.5) is 10.8 Å². The van der Waals surface area contributed by atoms with Crippen LogP contribution in [0.2, 0.25) is 0 Å². The minimum atomic E-state index is -0.00266. The van der Waals surface area contributed by atoms with E-state index in [1.54, 1.807) is 0 Å². The van der Waals surface area contributed by atoms with Gasteiger partial charge < -0.3 is 10.2 Å². The van der Waals surface area contributed by atoms with E-state index in [1.165, 1.54) is 17.0 Å². The smallest absolute Gasteiger partial charge is 0.240 e. The Labute approximate surface area is 163 Å². The molecular weight excluding hydrogens is 356 g/mol. The highest BCUT2D eigenvalue weighted by atomic mass is 32.1. The molecule has 1 N–H and O–H groups in total. The highest BCUT2D eigenvalue weighted by Gasteiger charge is 2.19. The van der Waals surface area contributed by atoms with Gasteiger partial charge in [-0.15, -0.1) is 11.3 Å². The average molecular weight is 379 g/mol. The molecule has 6 heteroatoms. The van der Waals surface area contributed by atoms with Crippen LogP contribution < -0.4 is 10.2 Å². The quantitative estimate of drug-likeness (QED) is 0.737. The Morgan fingerprint density at radius 3 is 2.33 bits per heavy atom. The fourth-order valence-electron chi connectivity index (χ4n) is 3.24. The van der Waals surface area contributed by atoms with Gasteiger partial charge in [-0.2, -0.15) is 0 Å². The number of rotatable bonds is 5. The molecule has 0 aliphatic carbocycles. The molecule has 4 rings (SSSR count). The number of nitrogens with zero attached hydrogens (tertiary/aromatic N) is 3. The minimum absolute atomic E-state index is 0.00266. The van der Waals surface area contributed by atoms with Crippen LogP contribution in [0.15, 0.2) is 66.0 Å². The third-order valence-corrected chi connectivity index (χ3v) is 5.44. The van der Waals surface area contributed by atoms with E-state index in [4.69, 9.17) is 0 Å². The Balaban J connectivity index is 1.27. The highest BCUT2D eigenvalue weighted by molar-refractivity contribution is 7.14. The molecule has 1 fully saturated rings. The molecule has 27 heavy (non-hydrogen) atoms. The summed E-state index contributed by atoms with van der Waals surface area (Å²) in [4.78, 5) is 21.5. The molecule has 3 aromatic rings. The lowest BCUT2D eigenvalue weighted by molar-refractivity contribution is -0.117. The predicted octanol–water partition coefficient (Wildman–Crippen LogP) is 3.57. The molecule has 2 aromatic carbocycles. The van der Waals surface area contributed by atoms with Gasteiger partial charge in [0, 0.05) is 42.8 Å². The van der Waals surface area contributed by atoms with Crippen LogP contribution in [-0.4, -0.2) is 48.5 Å². The lowest BCUT2D eigenvalue weighted by Gasteiger charge is -2.35. The van der Waals surface area contributed by atoms with Gasteiger partial charge in [-0.25, -0.2) is 4.98 Å². The third-order valence-electron chi connectivity index (χ3n) is 4.68. The maximum atomic E-state index is 12.4. The Hall–Kier alpha value is -2.70. The third kappa shape index (κ3) is 4.53. The van der Waals surface area contributed by atoms with Gasteiger partial charge in [0.05, 0.1) is 12.2 Å². The van der Waals surface area contributed by atoms with Crippen molar-refractivity contribution in [2.45, 2.75) is 0 Å². The minimum Gasteiger partial charge on any atom is -0.369 e. The summed E-state index contributed by atoms with van der Waals surface area (Å²) in [5, 5.41) is 5.57. The summed E-state index contributed by atoms with van der Waals surface area (Å²) >= 11 is 1.46. The van der Waals surface area contributed by atoms with E-state index in [9.17, 15) is 4.79 Å². The standard InChI is InChI=1S/C21H22N4OS/c26-20(23-21-22-19(16-27-21)17-7-3-1-4-8-17)15-24-11-13-25(14-12-24)18-9-5-2-6-10-18/h1-10,16H,11-15H2,(H,22,23,26). The Morgan fingerprint density at radius 2 is 1.63 bits per heavy atom. The van der Waals surface area contributed by atoms with Crippen LogP contribution in [0.5, 0.6) is 0 Å². The number of hydrogen-bond donors (Lipinski definition) is 1. The molecule has 138 valence electrons. The summed E-state index contributed by atoms with van der Waals surface area (Å²) in [7, 11) is 0. The number of benzene rings is 2. The number of carbonyl (C=O) groups excluding carboxylic acids is 1. The second-order valence-electron chi connectivity index (χ2n) is 6.55. The summed E-state index contributed by atoms with van der Waals surface area (Å²) in [5.41, 5.74) is 3.21. The molecule has 0 saturated carbocycles. The molecule has 0 unspecified atom stereocenters. The monoisotopic (exact) mass is 378 g/mol. The van der Waals surface area contributed by atoms with Crippen molar-refractivity contribution >= 4 is 28.1 Å². The zero-order valence-electron chi connectivity index (χ0n) is 15.0. The van der Waals surface area contributed by atoms with Crippen LogP contribution in [0.1, 0.15) is 0 Å². The van der Waals surface area contributed by atoms with Gasteiger partial charge in [0.15, 0.2) is 5.13 Å². The summed E-state index contributed by atoms with van der Waals surface area (Å²) in [6.07, 6.45) is 0. The predicted molar refractivity (Wildman–Crippen MR) is 111 cm³/mol. The number of amides is 1. The van der Waals surface area contributed by atoms with Crippen molar-refractivity contribution in [1.29, 1.82) is 0 Å². The second-order valence-corrected chi connectivity index (χ2v) is 7.41. The number of aromatic nitrogens is 1. The van der Waals surface area contributed by atoms with Crippen LogP contribution in [0.25, 0.3) is 11.3 Å². The number of hydrogen-bond acceptors (Lipinski definition) is 5. The normalized spacial score (nSPS) is 14.9. The van der Waals surface area contributed by atoms with E-state index in [0.29, 0.717) is 11.7 Å².